The third-order valence-electron chi connectivity index (χ3n) is 5.68. The van der Waals surface area contributed by atoms with Crippen molar-refractivity contribution >= 4 is 5.91 Å². The van der Waals surface area contributed by atoms with Gasteiger partial charge in [0.2, 0.25) is 5.91 Å². The highest BCUT2D eigenvalue weighted by molar-refractivity contribution is 5.79. The molecule has 0 bridgehead atoms. The number of nitrogens with zero attached hydrogens (tertiary/aromatic N) is 6. The number of carbonyl (C=O) groups is 1. The van der Waals surface area contributed by atoms with Crippen LogP contribution in [0.15, 0.2) is 24.5 Å². The van der Waals surface area contributed by atoms with Gasteiger partial charge in [0.1, 0.15) is 0 Å². The van der Waals surface area contributed by atoms with E-state index in [1.807, 2.05) is 29.4 Å². The second-order valence-electron chi connectivity index (χ2n) is 7.74. The van der Waals surface area contributed by atoms with Crippen LogP contribution in [0.3, 0.4) is 0 Å². The smallest absolute Gasteiger partial charge is 0.227 e. The molecule has 0 aliphatic carbocycles. The third-order valence-corrected chi connectivity index (χ3v) is 5.68. The molecule has 2 fully saturated rings. The van der Waals surface area contributed by atoms with Crippen molar-refractivity contribution < 1.29 is 4.79 Å². The fourth-order valence-electron chi connectivity index (χ4n) is 4.15. The molecule has 0 aromatic carbocycles. The number of rotatable bonds is 4. The highest BCUT2D eigenvalue weighted by Gasteiger charge is 2.42. The van der Waals surface area contributed by atoms with Gasteiger partial charge in [-0.15, -0.1) is 10.2 Å². The fraction of sp³-hybridized carbons (Fsp3) is 0.611. The lowest BCUT2D eigenvalue weighted by Crippen LogP contribution is -2.44. The highest BCUT2D eigenvalue weighted by atomic mass is 16.2. The molecule has 4 rings (SSSR count). The maximum atomic E-state index is 13.1. The Bertz CT molecular complexity index is 735. The molecule has 0 spiro atoms. The predicted molar refractivity (Wildman–Crippen MR) is 95.0 cm³/mol. The second kappa shape index (κ2) is 7.11. The molecule has 2 unspecified atom stereocenters. The van der Waals surface area contributed by atoms with Crippen molar-refractivity contribution in [2.24, 2.45) is 5.92 Å². The molecule has 1 N–H and O–H groups in total. The van der Waals surface area contributed by atoms with Gasteiger partial charge in [-0.3, -0.25) is 14.7 Å². The number of carbonyl (C=O) groups excluding carboxylic acids is 1. The molecule has 8 heteroatoms. The summed E-state index contributed by atoms with van der Waals surface area (Å²) in [5, 5.41) is 14.5. The van der Waals surface area contributed by atoms with E-state index in [0.717, 1.165) is 45.4 Å². The number of aromatic nitrogens is 5. The summed E-state index contributed by atoms with van der Waals surface area (Å²) < 4.78 is 0. The van der Waals surface area contributed by atoms with E-state index in [0.29, 0.717) is 12.4 Å². The van der Waals surface area contributed by atoms with Crippen molar-refractivity contribution in [2.75, 3.05) is 26.2 Å². The predicted octanol–water partition coefficient (Wildman–Crippen LogP) is 0.997. The molecular formula is C18H25N7O. The van der Waals surface area contributed by atoms with Gasteiger partial charge in [0.25, 0.3) is 0 Å². The summed E-state index contributed by atoms with van der Waals surface area (Å²) in [6, 6.07) is 4.09. The van der Waals surface area contributed by atoms with Gasteiger partial charge in [-0.2, -0.15) is 5.21 Å². The molecule has 2 aliphatic rings. The van der Waals surface area contributed by atoms with E-state index >= 15 is 0 Å². The molecule has 8 nitrogen and oxygen atoms in total. The van der Waals surface area contributed by atoms with Crippen LogP contribution in [0, 0.1) is 5.92 Å². The minimum absolute atomic E-state index is 0.0817. The van der Waals surface area contributed by atoms with Crippen LogP contribution in [0.5, 0.6) is 0 Å². The molecule has 2 saturated heterocycles. The number of aromatic amines is 1. The lowest BCUT2D eigenvalue weighted by atomic mass is 9.89. The molecule has 0 saturated carbocycles. The SMILES string of the molecule is CC1(c2nn[nH]n2)CCN(C(=O)C2CCCN(Cc3ccncc3)C2)C1. The number of hydrogen-bond donors (Lipinski definition) is 1. The number of tetrazole rings is 1. The first kappa shape index (κ1) is 17.1. The molecule has 4 heterocycles. The summed E-state index contributed by atoms with van der Waals surface area (Å²) in [6.45, 7) is 6.31. The molecule has 2 aliphatic heterocycles. The summed E-state index contributed by atoms with van der Waals surface area (Å²) >= 11 is 0. The van der Waals surface area contributed by atoms with Crippen molar-refractivity contribution in [1.82, 2.24) is 35.4 Å². The van der Waals surface area contributed by atoms with Crippen molar-refractivity contribution in [3.8, 4) is 0 Å². The maximum Gasteiger partial charge on any atom is 0.227 e. The Kier molecular flexibility index (Phi) is 4.67. The zero-order valence-corrected chi connectivity index (χ0v) is 15.1. The normalized spacial score (nSPS) is 27.0. The van der Waals surface area contributed by atoms with Crippen LogP contribution in [-0.2, 0) is 16.8 Å². The van der Waals surface area contributed by atoms with Gasteiger partial charge in [0.05, 0.1) is 11.3 Å². The Morgan fingerprint density at radius 2 is 2.19 bits per heavy atom. The van der Waals surface area contributed by atoms with Crippen LogP contribution in [-0.4, -0.2) is 67.5 Å². The number of amides is 1. The van der Waals surface area contributed by atoms with E-state index < -0.39 is 0 Å². The third kappa shape index (κ3) is 3.46. The number of H-pyrrole nitrogens is 1. The minimum atomic E-state index is -0.200. The zero-order valence-electron chi connectivity index (χ0n) is 15.1. The van der Waals surface area contributed by atoms with Crippen molar-refractivity contribution in [3.63, 3.8) is 0 Å². The Labute approximate surface area is 153 Å². The molecule has 2 aromatic heterocycles. The lowest BCUT2D eigenvalue weighted by Gasteiger charge is -2.34. The van der Waals surface area contributed by atoms with E-state index in [2.05, 4.69) is 37.4 Å². The minimum Gasteiger partial charge on any atom is -0.341 e. The molecule has 2 atom stereocenters. The first-order valence-electron chi connectivity index (χ1n) is 9.28. The number of likely N-dealkylation sites (tertiary alicyclic amines) is 2. The summed E-state index contributed by atoms with van der Waals surface area (Å²) in [5.41, 5.74) is 1.05. The van der Waals surface area contributed by atoms with E-state index in [4.69, 9.17) is 0 Å². The lowest BCUT2D eigenvalue weighted by molar-refractivity contribution is -0.136. The average molecular weight is 355 g/mol. The first-order chi connectivity index (χ1) is 12.6. The molecule has 2 aromatic rings. The Morgan fingerprint density at radius 3 is 2.96 bits per heavy atom. The monoisotopic (exact) mass is 355 g/mol. The number of nitrogens with one attached hydrogen (secondary N) is 1. The van der Waals surface area contributed by atoms with E-state index in [1.54, 1.807) is 0 Å². The molecule has 0 radical (unpaired) electrons. The average Bonchev–Trinajstić information content (AvgIpc) is 3.33. The molecule has 138 valence electrons. The van der Waals surface area contributed by atoms with Gasteiger partial charge in [-0.1, -0.05) is 12.1 Å². The van der Waals surface area contributed by atoms with Crippen LogP contribution >= 0.6 is 0 Å². The van der Waals surface area contributed by atoms with Crippen molar-refractivity contribution in [3.05, 3.63) is 35.9 Å². The fourth-order valence-corrected chi connectivity index (χ4v) is 4.15. The van der Waals surface area contributed by atoms with Gasteiger partial charge in [-0.05, 0) is 43.5 Å². The van der Waals surface area contributed by atoms with Gasteiger partial charge < -0.3 is 4.90 Å². The second-order valence-corrected chi connectivity index (χ2v) is 7.74. The van der Waals surface area contributed by atoms with Gasteiger partial charge in [0, 0.05) is 38.6 Å². The van der Waals surface area contributed by atoms with E-state index in [1.165, 1.54) is 5.56 Å². The first-order valence-corrected chi connectivity index (χ1v) is 9.28. The summed E-state index contributed by atoms with van der Waals surface area (Å²) in [6.07, 6.45) is 6.57. The topological polar surface area (TPSA) is 90.9 Å². The van der Waals surface area contributed by atoms with E-state index in [-0.39, 0.29) is 17.2 Å². The van der Waals surface area contributed by atoms with Gasteiger partial charge in [0.15, 0.2) is 5.82 Å². The van der Waals surface area contributed by atoms with Gasteiger partial charge in [-0.25, -0.2) is 0 Å². The highest BCUT2D eigenvalue weighted by Crippen LogP contribution is 2.33. The molecule has 1 amide bonds. The van der Waals surface area contributed by atoms with Crippen molar-refractivity contribution in [2.45, 2.75) is 38.1 Å². The standard InChI is InChI=1S/C18H25N7O/c1-18(17-20-22-23-21-17)6-10-25(13-18)16(26)15-3-2-9-24(12-15)11-14-4-7-19-8-5-14/h4-5,7-8,15H,2-3,6,9-13H2,1H3,(H,20,21,22,23). The number of piperidine rings is 1. The Hall–Kier alpha value is -2.35. The quantitative estimate of drug-likeness (QED) is 0.880. The molecule has 26 heavy (non-hydrogen) atoms. The summed E-state index contributed by atoms with van der Waals surface area (Å²) in [5.74, 6) is 1.06. The summed E-state index contributed by atoms with van der Waals surface area (Å²) in [4.78, 5) is 21.5. The van der Waals surface area contributed by atoms with Gasteiger partial charge >= 0.3 is 0 Å². The van der Waals surface area contributed by atoms with Crippen LogP contribution in [0.25, 0.3) is 0 Å². The molecular weight excluding hydrogens is 330 g/mol. The van der Waals surface area contributed by atoms with Crippen molar-refractivity contribution in [1.29, 1.82) is 0 Å². The van der Waals surface area contributed by atoms with E-state index in [9.17, 15) is 4.79 Å². The van der Waals surface area contributed by atoms with Crippen LogP contribution in [0.1, 0.15) is 37.6 Å². The van der Waals surface area contributed by atoms with Crippen LogP contribution < -0.4 is 0 Å². The zero-order chi connectivity index (χ0) is 18.0. The van der Waals surface area contributed by atoms with Crippen LogP contribution in [0.4, 0.5) is 0 Å². The Balaban J connectivity index is 1.37. The number of hydrogen-bond acceptors (Lipinski definition) is 6. The number of pyridine rings is 1. The largest absolute Gasteiger partial charge is 0.341 e. The Morgan fingerprint density at radius 1 is 1.35 bits per heavy atom. The summed E-state index contributed by atoms with van der Waals surface area (Å²) in [7, 11) is 0. The maximum absolute atomic E-state index is 13.1. The van der Waals surface area contributed by atoms with Crippen LogP contribution in [0.2, 0.25) is 0 Å².